The molecule has 0 unspecified atom stereocenters. The first-order valence-electron chi connectivity index (χ1n) is 10.2. The molecule has 4 aromatic rings. The molecule has 0 saturated carbocycles. The van der Waals surface area contributed by atoms with Gasteiger partial charge in [0.2, 0.25) is 0 Å². The Morgan fingerprint density at radius 2 is 1.74 bits per heavy atom. The van der Waals surface area contributed by atoms with Crippen LogP contribution in [0.5, 0.6) is 5.75 Å². The van der Waals surface area contributed by atoms with E-state index in [9.17, 15) is 14.7 Å². The lowest BCUT2D eigenvalue weighted by atomic mass is 9.95. The lowest BCUT2D eigenvalue weighted by molar-refractivity contribution is 0.0843. The van der Waals surface area contributed by atoms with Crippen LogP contribution in [0.25, 0.3) is 16.6 Å². The van der Waals surface area contributed by atoms with Crippen LogP contribution in [-0.2, 0) is 12.8 Å². The molecule has 2 aromatic carbocycles. The van der Waals surface area contributed by atoms with Crippen LogP contribution in [0.1, 0.15) is 44.9 Å². The number of carbonyl (C=O) groups excluding carboxylic acids is 2. The second-order valence-corrected chi connectivity index (χ2v) is 7.57. The van der Waals surface area contributed by atoms with Gasteiger partial charge in [-0.15, -0.1) is 0 Å². The molecule has 5 rings (SSSR count). The summed E-state index contributed by atoms with van der Waals surface area (Å²) in [5, 5.41) is 15.3. The van der Waals surface area contributed by atoms with Crippen molar-refractivity contribution in [1.82, 2.24) is 25.6 Å². The first kappa shape index (κ1) is 18.9. The quantitative estimate of drug-likeness (QED) is 0.385. The van der Waals surface area contributed by atoms with Crippen LogP contribution in [0.2, 0.25) is 0 Å². The number of nitrogens with one attached hydrogen (secondary N) is 3. The van der Waals surface area contributed by atoms with E-state index in [4.69, 9.17) is 0 Å². The number of fused-ring (bicyclic) bond motifs is 3. The zero-order valence-electron chi connectivity index (χ0n) is 16.7. The summed E-state index contributed by atoms with van der Waals surface area (Å²) in [6.07, 6.45) is 5.60. The minimum absolute atomic E-state index is 0.183. The number of carbonyl (C=O) groups is 2. The Morgan fingerprint density at radius 3 is 2.58 bits per heavy atom. The number of rotatable bonds is 3. The van der Waals surface area contributed by atoms with Gasteiger partial charge in [0, 0.05) is 11.1 Å². The molecule has 0 fully saturated rings. The normalized spacial score (nSPS) is 13.0. The zero-order valence-corrected chi connectivity index (χ0v) is 16.7. The fraction of sp³-hybridized carbons (Fsp3) is 0.174. The summed E-state index contributed by atoms with van der Waals surface area (Å²) in [4.78, 5) is 28.7. The molecule has 0 radical (unpaired) electrons. The molecule has 1 aliphatic rings. The molecular formula is C23H21N5O3. The summed E-state index contributed by atoms with van der Waals surface area (Å²) in [6, 6.07) is 14.7. The van der Waals surface area contributed by atoms with Crippen LogP contribution >= 0.6 is 0 Å². The average molecular weight is 415 g/mol. The molecule has 8 nitrogen and oxygen atoms in total. The van der Waals surface area contributed by atoms with Crippen LogP contribution in [0, 0.1) is 0 Å². The highest BCUT2D eigenvalue weighted by atomic mass is 16.3. The van der Waals surface area contributed by atoms with Crippen molar-refractivity contribution in [3.8, 4) is 11.4 Å². The Hall–Kier alpha value is -4.07. The lowest BCUT2D eigenvalue weighted by Gasteiger charge is -2.10. The third-order valence-electron chi connectivity index (χ3n) is 5.60. The van der Waals surface area contributed by atoms with E-state index >= 15 is 0 Å². The lowest BCUT2D eigenvalue weighted by Crippen LogP contribution is -2.42. The number of hydrazine groups is 1. The fourth-order valence-electron chi connectivity index (χ4n) is 4.10. The van der Waals surface area contributed by atoms with Gasteiger partial charge in [-0.25, -0.2) is 4.68 Å². The largest absolute Gasteiger partial charge is 0.504 e. The second kappa shape index (κ2) is 7.64. The second-order valence-electron chi connectivity index (χ2n) is 7.57. The van der Waals surface area contributed by atoms with E-state index in [1.807, 2.05) is 30.3 Å². The number of hydrogen-bond donors (Lipinski definition) is 4. The van der Waals surface area contributed by atoms with Crippen molar-refractivity contribution in [2.75, 3.05) is 0 Å². The number of amides is 2. The van der Waals surface area contributed by atoms with Gasteiger partial charge in [0.15, 0.2) is 11.4 Å². The predicted octanol–water partition coefficient (Wildman–Crippen LogP) is 3.01. The van der Waals surface area contributed by atoms with Crippen molar-refractivity contribution in [2.24, 2.45) is 0 Å². The summed E-state index contributed by atoms with van der Waals surface area (Å²) in [5.74, 6) is -1.44. The summed E-state index contributed by atoms with van der Waals surface area (Å²) in [5.41, 5.74) is 8.97. The highest BCUT2D eigenvalue weighted by Gasteiger charge is 2.21. The molecule has 1 aliphatic carbocycles. The maximum absolute atomic E-state index is 12.8. The minimum atomic E-state index is -0.710. The summed E-state index contributed by atoms with van der Waals surface area (Å²) in [6.45, 7) is 0. The van der Waals surface area contributed by atoms with Crippen LogP contribution in [0.4, 0.5) is 0 Å². The third-order valence-corrected chi connectivity index (χ3v) is 5.60. The van der Waals surface area contributed by atoms with Crippen molar-refractivity contribution in [1.29, 1.82) is 0 Å². The van der Waals surface area contributed by atoms with Crippen LogP contribution < -0.4 is 10.9 Å². The first-order chi connectivity index (χ1) is 15.1. The van der Waals surface area contributed by atoms with Gasteiger partial charge in [-0.3, -0.25) is 20.4 Å². The highest BCUT2D eigenvalue weighted by molar-refractivity contribution is 6.07. The summed E-state index contributed by atoms with van der Waals surface area (Å²) < 4.78 is 1.40. The van der Waals surface area contributed by atoms with Crippen molar-refractivity contribution < 1.29 is 14.7 Å². The number of benzene rings is 2. The molecular weight excluding hydrogens is 394 g/mol. The Bertz CT molecular complexity index is 1290. The van der Waals surface area contributed by atoms with Crippen LogP contribution in [0.3, 0.4) is 0 Å². The van der Waals surface area contributed by atoms with Crippen LogP contribution in [0.15, 0.2) is 54.7 Å². The van der Waals surface area contributed by atoms with E-state index in [-0.39, 0.29) is 11.4 Å². The van der Waals surface area contributed by atoms with Gasteiger partial charge < -0.3 is 10.1 Å². The standard InChI is InChI=1S/C23H21N5O3/c29-19-13-28(14-7-2-1-3-8-14)27-21(19)23(31)26-25-22(30)17-11-6-10-16-15-9-4-5-12-18(15)24-20(16)17/h1-3,6-8,10-11,13,24,29H,4-5,9,12H2,(H,25,30)(H,26,31). The molecule has 0 aliphatic heterocycles. The highest BCUT2D eigenvalue weighted by Crippen LogP contribution is 2.30. The van der Waals surface area contributed by atoms with Gasteiger partial charge in [0.1, 0.15) is 0 Å². The van der Waals surface area contributed by atoms with E-state index in [1.54, 1.807) is 18.2 Å². The molecule has 0 saturated heterocycles. The van der Waals surface area contributed by atoms with Gasteiger partial charge in [-0.05, 0) is 49.4 Å². The average Bonchev–Trinajstić information content (AvgIpc) is 3.38. The molecule has 0 spiro atoms. The fourth-order valence-corrected chi connectivity index (χ4v) is 4.10. The topological polar surface area (TPSA) is 112 Å². The van der Waals surface area contributed by atoms with Crippen molar-refractivity contribution in [3.63, 3.8) is 0 Å². The van der Waals surface area contributed by atoms with E-state index in [0.717, 1.165) is 36.6 Å². The molecule has 4 N–H and O–H groups in total. The van der Waals surface area contributed by atoms with Gasteiger partial charge in [0.25, 0.3) is 11.8 Å². The minimum Gasteiger partial charge on any atom is -0.504 e. The van der Waals surface area contributed by atoms with Crippen molar-refractivity contribution in [2.45, 2.75) is 25.7 Å². The molecule has 0 bridgehead atoms. The molecule has 31 heavy (non-hydrogen) atoms. The Kier molecular flexibility index (Phi) is 4.66. The van der Waals surface area contributed by atoms with Crippen molar-refractivity contribution >= 4 is 22.7 Å². The Balaban J connectivity index is 1.34. The first-order valence-corrected chi connectivity index (χ1v) is 10.2. The smallest absolute Gasteiger partial charge is 0.294 e. The summed E-state index contributed by atoms with van der Waals surface area (Å²) in [7, 11) is 0. The predicted molar refractivity (Wildman–Crippen MR) is 115 cm³/mol. The SMILES string of the molecule is O=C(NNC(=O)c1cccc2c3c([nH]c12)CCCC3)c1nn(-c2ccccc2)cc1O. The molecule has 2 amide bonds. The van der Waals surface area contributed by atoms with E-state index in [0.29, 0.717) is 11.3 Å². The maximum atomic E-state index is 12.8. The Labute approximate surface area is 177 Å². The van der Waals surface area contributed by atoms with Crippen LogP contribution in [-0.4, -0.2) is 31.7 Å². The monoisotopic (exact) mass is 415 g/mol. The van der Waals surface area contributed by atoms with E-state index in [2.05, 4.69) is 20.9 Å². The number of aromatic hydroxyl groups is 1. The molecule has 2 aromatic heterocycles. The number of H-pyrrole nitrogens is 1. The molecule has 156 valence electrons. The van der Waals surface area contributed by atoms with Gasteiger partial charge in [0.05, 0.1) is 23.0 Å². The number of hydrogen-bond acceptors (Lipinski definition) is 4. The van der Waals surface area contributed by atoms with Gasteiger partial charge >= 0.3 is 0 Å². The van der Waals surface area contributed by atoms with E-state index in [1.165, 1.54) is 22.1 Å². The van der Waals surface area contributed by atoms with Gasteiger partial charge in [-0.2, -0.15) is 5.10 Å². The molecule has 8 heteroatoms. The third kappa shape index (κ3) is 3.42. The number of para-hydroxylation sites is 2. The number of nitrogens with zero attached hydrogens (tertiary/aromatic N) is 2. The maximum Gasteiger partial charge on any atom is 0.294 e. The molecule has 0 atom stereocenters. The zero-order chi connectivity index (χ0) is 21.4. The Morgan fingerprint density at radius 1 is 0.968 bits per heavy atom. The summed E-state index contributed by atoms with van der Waals surface area (Å²) >= 11 is 0. The van der Waals surface area contributed by atoms with Crippen molar-refractivity contribution in [3.05, 3.63) is 77.2 Å². The van der Waals surface area contributed by atoms with Gasteiger partial charge in [-0.1, -0.05) is 30.3 Å². The number of aromatic nitrogens is 3. The number of aryl methyl sites for hydroxylation is 2. The van der Waals surface area contributed by atoms with E-state index < -0.39 is 11.8 Å². The number of aromatic amines is 1. The molecule has 2 heterocycles.